The van der Waals surface area contributed by atoms with Crippen LogP contribution in [-0.2, 0) is 20.8 Å². The fourth-order valence-corrected chi connectivity index (χ4v) is 2.86. The molecule has 0 aliphatic carbocycles. The largest absolute Gasteiger partial charge is 0.465 e. The summed E-state index contributed by atoms with van der Waals surface area (Å²) >= 11 is 0. The number of carbonyl (C=O) groups excluding carboxylic acids is 2. The maximum Gasteiger partial charge on any atom is 0.337 e. The van der Waals surface area contributed by atoms with Gasteiger partial charge in [0.05, 0.1) is 39.0 Å². The lowest BCUT2D eigenvalue weighted by Gasteiger charge is -2.26. The van der Waals surface area contributed by atoms with Gasteiger partial charge in [0.15, 0.2) is 5.96 Å². The number of likely N-dealkylation sites (N-methyl/N-ethyl adjacent to an activating group) is 1. The maximum absolute atomic E-state index is 11.9. The van der Waals surface area contributed by atoms with Crippen molar-refractivity contribution in [1.29, 1.82) is 0 Å². The number of guanidine groups is 1. The second-order valence-electron chi connectivity index (χ2n) is 7.23. The minimum atomic E-state index is -0.364. The molecule has 1 saturated heterocycles. The number of nitrogens with zero attached hydrogens (tertiary/aromatic N) is 3. The van der Waals surface area contributed by atoms with Crippen LogP contribution < -0.4 is 10.6 Å². The maximum atomic E-state index is 11.9. The number of aliphatic imine (C=N–C) groups is 1. The van der Waals surface area contributed by atoms with Crippen LogP contribution in [0.2, 0.25) is 0 Å². The number of benzene rings is 1. The van der Waals surface area contributed by atoms with Crippen molar-refractivity contribution in [2.24, 2.45) is 4.99 Å². The van der Waals surface area contributed by atoms with Crippen molar-refractivity contribution >= 4 is 17.8 Å². The van der Waals surface area contributed by atoms with Crippen LogP contribution in [0.15, 0.2) is 29.3 Å². The molecule has 9 nitrogen and oxygen atoms in total. The van der Waals surface area contributed by atoms with E-state index in [1.54, 1.807) is 26.2 Å². The first-order chi connectivity index (χ1) is 14.5. The van der Waals surface area contributed by atoms with Crippen LogP contribution in [0, 0.1) is 0 Å². The van der Waals surface area contributed by atoms with Crippen molar-refractivity contribution in [2.45, 2.75) is 13.0 Å². The molecule has 166 valence electrons. The van der Waals surface area contributed by atoms with Crippen molar-refractivity contribution < 1.29 is 19.1 Å². The highest BCUT2D eigenvalue weighted by atomic mass is 16.5. The molecule has 0 atom stereocenters. The molecule has 0 aromatic heterocycles. The van der Waals surface area contributed by atoms with Gasteiger partial charge in [0.1, 0.15) is 0 Å². The molecule has 2 rings (SSSR count). The quantitative estimate of drug-likeness (QED) is 0.258. The third-order valence-electron chi connectivity index (χ3n) is 4.75. The van der Waals surface area contributed by atoms with Gasteiger partial charge in [-0.1, -0.05) is 12.1 Å². The SMILES string of the molecule is COC(=O)c1ccc(CN=C(NCCCN2CCOCC2)NCC(=O)N(C)C)cc1. The van der Waals surface area contributed by atoms with Crippen LogP contribution in [0.25, 0.3) is 0 Å². The Labute approximate surface area is 178 Å². The van der Waals surface area contributed by atoms with Crippen LogP contribution in [0.1, 0.15) is 22.3 Å². The first-order valence-corrected chi connectivity index (χ1v) is 10.2. The number of rotatable bonds is 9. The minimum Gasteiger partial charge on any atom is -0.465 e. The fourth-order valence-electron chi connectivity index (χ4n) is 2.86. The van der Waals surface area contributed by atoms with Crippen LogP contribution in [0.5, 0.6) is 0 Å². The van der Waals surface area contributed by atoms with Crippen LogP contribution in [0.4, 0.5) is 0 Å². The lowest BCUT2D eigenvalue weighted by molar-refractivity contribution is -0.127. The molecule has 1 aromatic carbocycles. The van der Waals surface area contributed by atoms with Gasteiger partial charge in [-0.2, -0.15) is 0 Å². The molecule has 1 fully saturated rings. The molecule has 30 heavy (non-hydrogen) atoms. The molecule has 1 aliphatic heterocycles. The van der Waals surface area contributed by atoms with Crippen molar-refractivity contribution in [3.8, 4) is 0 Å². The molecule has 1 aliphatic rings. The topological polar surface area (TPSA) is 95.5 Å². The van der Waals surface area contributed by atoms with E-state index in [2.05, 4.69) is 20.5 Å². The zero-order valence-electron chi connectivity index (χ0n) is 18.1. The second kappa shape index (κ2) is 12.8. The molecular weight excluding hydrogens is 386 g/mol. The summed E-state index contributed by atoms with van der Waals surface area (Å²) in [6, 6.07) is 7.12. The van der Waals surface area contributed by atoms with E-state index in [1.807, 2.05) is 12.1 Å². The summed E-state index contributed by atoms with van der Waals surface area (Å²) in [4.78, 5) is 31.9. The lowest BCUT2D eigenvalue weighted by atomic mass is 10.1. The molecule has 0 spiro atoms. The molecule has 1 amide bonds. The van der Waals surface area contributed by atoms with Gasteiger partial charge in [0, 0.05) is 33.7 Å². The standard InChI is InChI=1S/C21H33N5O4/c1-25(2)19(27)16-24-21(22-9-4-10-26-11-13-30-14-12-26)23-15-17-5-7-18(8-6-17)20(28)29-3/h5-8H,4,9-16H2,1-3H3,(H2,22,23,24). The molecule has 0 saturated carbocycles. The summed E-state index contributed by atoms with van der Waals surface area (Å²) in [5.74, 6) is 0.195. The summed E-state index contributed by atoms with van der Waals surface area (Å²) in [7, 11) is 4.80. The Morgan fingerprint density at radius 3 is 2.50 bits per heavy atom. The lowest BCUT2D eigenvalue weighted by Crippen LogP contribution is -2.44. The number of methoxy groups -OCH3 is 1. The molecule has 0 bridgehead atoms. The Morgan fingerprint density at radius 2 is 1.87 bits per heavy atom. The van der Waals surface area contributed by atoms with E-state index in [-0.39, 0.29) is 18.4 Å². The van der Waals surface area contributed by atoms with Crippen molar-refractivity contribution in [3.05, 3.63) is 35.4 Å². The molecule has 0 radical (unpaired) electrons. The molecule has 1 heterocycles. The minimum absolute atomic E-state index is 0.0275. The third kappa shape index (κ3) is 8.38. The van der Waals surface area contributed by atoms with E-state index >= 15 is 0 Å². The predicted molar refractivity (Wildman–Crippen MR) is 115 cm³/mol. The normalized spacial score (nSPS) is 14.8. The molecule has 0 unspecified atom stereocenters. The van der Waals surface area contributed by atoms with Crippen LogP contribution in [-0.4, -0.2) is 94.8 Å². The Hall–Kier alpha value is -2.65. The number of amides is 1. The number of morpholine rings is 1. The van der Waals surface area contributed by atoms with E-state index in [9.17, 15) is 9.59 Å². The number of hydrogen-bond donors (Lipinski definition) is 2. The number of ether oxygens (including phenoxy) is 2. The summed E-state index contributed by atoms with van der Waals surface area (Å²) < 4.78 is 10.1. The van der Waals surface area contributed by atoms with Gasteiger partial charge < -0.3 is 25.0 Å². The number of esters is 1. The Kier molecular flexibility index (Phi) is 10.1. The highest BCUT2D eigenvalue weighted by molar-refractivity contribution is 5.89. The Bertz CT molecular complexity index is 700. The molecular formula is C21H33N5O4. The zero-order valence-corrected chi connectivity index (χ0v) is 18.1. The fraction of sp³-hybridized carbons (Fsp3) is 0.571. The Balaban J connectivity index is 1.88. The van der Waals surface area contributed by atoms with Gasteiger partial charge in [-0.15, -0.1) is 0 Å². The third-order valence-corrected chi connectivity index (χ3v) is 4.75. The van der Waals surface area contributed by atoms with Crippen molar-refractivity contribution in [1.82, 2.24) is 20.4 Å². The molecule has 9 heteroatoms. The Morgan fingerprint density at radius 1 is 1.17 bits per heavy atom. The molecule has 2 N–H and O–H groups in total. The summed E-state index contributed by atoms with van der Waals surface area (Å²) in [5.41, 5.74) is 1.46. The number of hydrogen-bond acceptors (Lipinski definition) is 6. The van der Waals surface area contributed by atoms with Gasteiger partial charge >= 0.3 is 5.97 Å². The van der Waals surface area contributed by atoms with E-state index in [0.717, 1.165) is 51.4 Å². The van der Waals surface area contributed by atoms with Gasteiger partial charge in [0.2, 0.25) is 5.91 Å². The summed E-state index contributed by atoms with van der Waals surface area (Å²) in [6.45, 7) is 5.87. The number of carbonyl (C=O) groups is 2. The highest BCUT2D eigenvalue weighted by Gasteiger charge is 2.10. The van der Waals surface area contributed by atoms with Crippen molar-refractivity contribution in [2.75, 3.05) is 67.1 Å². The second-order valence-corrected chi connectivity index (χ2v) is 7.23. The van der Waals surface area contributed by atoms with E-state index in [1.165, 1.54) is 12.0 Å². The monoisotopic (exact) mass is 419 g/mol. The summed E-state index contributed by atoms with van der Waals surface area (Å²) in [5, 5.41) is 6.39. The summed E-state index contributed by atoms with van der Waals surface area (Å²) in [6.07, 6.45) is 0.968. The van der Waals surface area contributed by atoms with Crippen molar-refractivity contribution in [3.63, 3.8) is 0 Å². The zero-order chi connectivity index (χ0) is 21.8. The number of nitrogens with one attached hydrogen (secondary N) is 2. The van der Waals surface area contributed by atoms with E-state index < -0.39 is 0 Å². The first-order valence-electron chi connectivity index (χ1n) is 10.2. The van der Waals surface area contributed by atoms with E-state index in [0.29, 0.717) is 18.1 Å². The molecule has 1 aromatic rings. The van der Waals surface area contributed by atoms with E-state index in [4.69, 9.17) is 9.47 Å². The average Bonchev–Trinajstić information content (AvgIpc) is 2.78. The van der Waals surface area contributed by atoms with Gasteiger partial charge in [-0.05, 0) is 30.7 Å². The smallest absolute Gasteiger partial charge is 0.337 e. The van der Waals surface area contributed by atoms with Crippen LogP contribution in [0.3, 0.4) is 0 Å². The predicted octanol–water partition coefficient (Wildman–Crippen LogP) is 0.319. The van der Waals surface area contributed by atoms with Gasteiger partial charge in [-0.25, -0.2) is 9.79 Å². The highest BCUT2D eigenvalue weighted by Crippen LogP contribution is 2.07. The van der Waals surface area contributed by atoms with Gasteiger partial charge in [0.25, 0.3) is 0 Å². The first kappa shape index (κ1) is 23.6. The van der Waals surface area contributed by atoms with Crippen LogP contribution >= 0.6 is 0 Å². The van der Waals surface area contributed by atoms with Gasteiger partial charge in [-0.3, -0.25) is 9.69 Å². The average molecular weight is 420 g/mol.